The third-order valence-electron chi connectivity index (χ3n) is 6.47. The fourth-order valence-corrected chi connectivity index (χ4v) is 4.45. The second-order valence-corrected chi connectivity index (χ2v) is 8.57. The van der Waals surface area contributed by atoms with E-state index in [0.717, 1.165) is 47.5 Å². The Hall–Kier alpha value is -3.89. The third kappa shape index (κ3) is 4.59. The highest BCUT2D eigenvalue weighted by Gasteiger charge is 2.25. The number of nitrogens with zero attached hydrogens (tertiary/aromatic N) is 6. The molecule has 3 aromatic heterocycles. The van der Waals surface area contributed by atoms with Crippen molar-refractivity contribution in [1.82, 2.24) is 24.4 Å². The van der Waals surface area contributed by atoms with Gasteiger partial charge in [-0.25, -0.2) is 4.98 Å². The van der Waals surface area contributed by atoms with Gasteiger partial charge in [-0.2, -0.15) is 5.26 Å². The van der Waals surface area contributed by atoms with Gasteiger partial charge in [-0.15, -0.1) is 0 Å². The summed E-state index contributed by atoms with van der Waals surface area (Å²) in [4.78, 5) is 27.9. The molecule has 0 saturated heterocycles. The van der Waals surface area contributed by atoms with Gasteiger partial charge in [-0.1, -0.05) is 12.2 Å². The maximum atomic E-state index is 12.1. The molecule has 0 N–H and O–H groups in total. The molecule has 0 radical (unpaired) electrons. The molecular formula is C27H28N6O. The van der Waals surface area contributed by atoms with E-state index in [-0.39, 0.29) is 11.6 Å². The molecule has 0 aliphatic carbocycles. The van der Waals surface area contributed by atoms with Crippen LogP contribution in [0.2, 0.25) is 0 Å². The van der Waals surface area contributed by atoms with Crippen LogP contribution < -0.4 is 5.56 Å². The summed E-state index contributed by atoms with van der Waals surface area (Å²) in [7, 11) is 1.76. The van der Waals surface area contributed by atoms with E-state index in [1.807, 2.05) is 26.1 Å². The van der Waals surface area contributed by atoms with Crippen LogP contribution in [0, 0.1) is 11.3 Å². The molecule has 0 bridgehead atoms. The van der Waals surface area contributed by atoms with Crippen LogP contribution in [0.15, 0.2) is 65.5 Å². The van der Waals surface area contributed by atoms with Crippen LogP contribution >= 0.6 is 0 Å². The predicted molar refractivity (Wildman–Crippen MR) is 133 cm³/mol. The summed E-state index contributed by atoms with van der Waals surface area (Å²) in [5, 5.41) is 9.21. The Morgan fingerprint density at radius 3 is 2.74 bits per heavy atom. The lowest BCUT2D eigenvalue weighted by molar-refractivity contribution is 0.230. The number of fused-ring (bicyclic) bond motifs is 1. The Balaban J connectivity index is 1.68. The smallest absolute Gasteiger partial charge is 0.253 e. The van der Waals surface area contributed by atoms with E-state index in [1.165, 1.54) is 11.6 Å². The summed E-state index contributed by atoms with van der Waals surface area (Å²) < 4.78 is 1.59. The normalized spacial score (nSPS) is 15.5. The summed E-state index contributed by atoms with van der Waals surface area (Å²) in [5.41, 5.74) is 6.75. The Bertz CT molecular complexity index is 1380. The van der Waals surface area contributed by atoms with Crippen molar-refractivity contribution in [3.05, 3.63) is 93.7 Å². The SMILES string of the molecule is C/C=C\C(/C(C)=C(/C)c1nccc(=O)n1C)N1CCc2ncc(-c3cncc(C#N)c3)cc2C1. The molecule has 1 aliphatic rings. The zero-order valence-electron chi connectivity index (χ0n) is 20.0. The van der Waals surface area contributed by atoms with Gasteiger partial charge >= 0.3 is 0 Å². The van der Waals surface area contributed by atoms with E-state index in [9.17, 15) is 10.1 Å². The van der Waals surface area contributed by atoms with Gasteiger partial charge in [0.2, 0.25) is 0 Å². The van der Waals surface area contributed by atoms with E-state index in [0.29, 0.717) is 11.4 Å². The number of nitriles is 1. The van der Waals surface area contributed by atoms with E-state index in [1.54, 1.807) is 30.2 Å². The Morgan fingerprint density at radius 2 is 1.97 bits per heavy atom. The van der Waals surface area contributed by atoms with Crippen LogP contribution in [0.1, 0.15) is 43.4 Å². The molecule has 0 spiro atoms. The minimum atomic E-state index is -0.0693. The standard InChI is InChI=1S/C27H28N6O/c1-5-6-25(18(2)19(3)27-30-9-7-26(34)32(27)4)33-10-8-24-23(17-33)12-22(16-31-24)21-11-20(13-28)14-29-15-21/h5-7,9,11-12,14-16,25H,8,10,17H2,1-4H3/b6-5-,19-18-. The first-order chi connectivity index (χ1) is 16.4. The van der Waals surface area contributed by atoms with Gasteiger partial charge in [0.25, 0.3) is 5.56 Å². The first-order valence-electron chi connectivity index (χ1n) is 11.3. The maximum Gasteiger partial charge on any atom is 0.253 e. The average Bonchev–Trinajstić information content (AvgIpc) is 2.87. The lowest BCUT2D eigenvalue weighted by atomic mass is 9.95. The first kappa shape index (κ1) is 23.3. The molecule has 4 rings (SSSR count). The monoisotopic (exact) mass is 452 g/mol. The fourth-order valence-electron chi connectivity index (χ4n) is 4.45. The molecule has 7 heteroatoms. The van der Waals surface area contributed by atoms with E-state index >= 15 is 0 Å². The van der Waals surface area contributed by atoms with Crippen LogP contribution in [-0.4, -0.2) is 37.0 Å². The summed E-state index contributed by atoms with van der Waals surface area (Å²) in [5.74, 6) is 0.686. The topological polar surface area (TPSA) is 87.7 Å². The van der Waals surface area contributed by atoms with Crippen molar-refractivity contribution in [2.24, 2.45) is 7.05 Å². The number of pyridine rings is 2. The number of aromatic nitrogens is 4. The lowest BCUT2D eigenvalue weighted by Gasteiger charge is -2.35. The fraction of sp³-hybridized carbons (Fsp3) is 0.296. The van der Waals surface area contributed by atoms with E-state index in [2.05, 4.69) is 46.1 Å². The number of allylic oxidation sites excluding steroid dienone is 2. The van der Waals surface area contributed by atoms with Crippen LogP contribution in [0.4, 0.5) is 0 Å². The van der Waals surface area contributed by atoms with Crippen molar-refractivity contribution in [2.45, 2.75) is 39.8 Å². The molecule has 7 nitrogen and oxygen atoms in total. The van der Waals surface area contributed by atoms with Crippen molar-refractivity contribution >= 4 is 5.57 Å². The molecule has 4 heterocycles. The van der Waals surface area contributed by atoms with Crippen molar-refractivity contribution in [3.63, 3.8) is 0 Å². The lowest BCUT2D eigenvalue weighted by Crippen LogP contribution is -2.39. The zero-order valence-corrected chi connectivity index (χ0v) is 20.0. The molecule has 0 fully saturated rings. The van der Waals surface area contributed by atoms with Gasteiger partial charge in [0.15, 0.2) is 0 Å². The van der Waals surface area contributed by atoms with E-state index in [4.69, 9.17) is 4.98 Å². The molecule has 0 saturated carbocycles. The largest absolute Gasteiger partial charge is 0.296 e. The summed E-state index contributed by atoms with van der Waals surface area (Å²) >= 11 is 0. The first-order valence-corrected chi connectivity index (χ1v) is 11.3. The molecule has 172 valence electrons. The molecule has 0 aromatic carbocycles. The minimum absolute atomic E-state index is 0.0693. The highest BCUT2D eigenvalue weighted by atomic mass is 16.1. The van der Waals surface area contributed by atoms with Gasteiger partial charge < -0.3 is 0 Å². The Labute approximate surface area is 199 Å². The molecule has 1 atom stereocenters. The van der Waals surface area contributed by atoms with Gasteiger partial charge in [0, 0.05) is 80.3 Å². The van der Waals surface area contributed by atoms with Crippen LogP contribution in [0.3, 0.4) is 0 Å². The molecule has 3 aromatic rings. The van der Waals surface area contributed by atoms with Crippen molar-refractivity contribution in [3.8, 4) is 17.2 Å². The van der Waals surface area contributed by atoms with Gasteiger partial charge in [-0.05, 0) is 49.6 Å². The minimum Gasteiger partial charge on any atom is -0.296 e. The third-order valence-corrected chi connectivity index (χ3v) is 6.47. The highest BCUT2D eigenvalue weighted by Crippen LogP contribution is 2.29. The van der Waals surface area contributed by atoms with Gasteiger partial charge in [-0.3, -0.25) is 24.2 Å². The van der Waals surface area contributed by atoms with Gasteiger partial charge in [0.05, 0.1) is 5.56 Å². The maximum absolute atomic E-state index is 12.1. The summed E-state index contributed by atoms with van der Waals surface area (Å²) in [6.45, 7) is 7.80. The van der Waals surface area contributed by atoms with Crippen LogP contribution in [0.5, 0.6) is 0 Å². The summed E-state index contributed by atoms with van der Waals surface area (Å²) in [6.07, 6.45) is 11.9. The molecular weight excluding hydrogens is 424 g/mol. The average molecular weight is 453 g/mol. The molecule has 1 unspecified atom stereocenters. The van der Waals surface area contributed by atoms with Crippen LogP contribution in [0.25, 0.3) is 16.7 Å². The van der Waals surface area contributed by atoms with Crippen molar-refractivity contribution < 1.29 is 0 Å². The number of hydrogen-bond acceptors (Lipinski definition) is 6. The van der Waals surface area contributed by atoms with Crippen LogP contribution in [-0.2, 0) is 20.0 Å². The quantitative estimate of drug-likeness (QED) is 0.546. The van der Waals surface area contributed by atoms with Crippen molar-refractivity contribution in [2.75, 3.05) is 6.54 Å². The molecule has 34 heavy (non-hydrogen) atoms. The second kappa shape index (κ2) is 9.94. The Kier molecular flexibility index (Phi) is 6.80. The summed E-state index contributed by atoms with van der Waals surface area (Å²) in [6, 6.07) is 7.70. The predicted octanol–water partition coefficient (Wildman–Crippen LogP) is 3.91. The molecule has 0 amide bonds. The number of rotatable bonds is 5. The zero-order chi connectivity index (χ0) is 24.2. The van der Waals surface area contributed by atoms with E-state index < -0.39 is 0 Å². The Morgan fingerprint density at radius 1 is 1.18 bits per heavy atom. The molecule has 1 aliphatic heterocycles. The second-order valence-electron chi connectivity index (χ2n) is 8.57. The highest BCUT2D eigenvalue weighted by molar-refractivity contribution is 5.65. The number of hydrogen-bond donors (Lipinski definition) is 0. The van der Waals surface area contributed by atoms with Gasteiger partial charge in [0.1, 0.15) is 11.9 Å². The van der Waals surface area contributed by atoms with Crippen molar-refractivity contribution in [1.29, 1.82) is 5.26 Å².